The van der Waals surface area contributed by atoms with Gasteiger partial charge in [-0.3, -0.25) is 11.4 Å². The molecular weight excluding hydrogens is 403 g/mol. The van der Waals surface area contributed by atoms with E-state index in [9.17, 15) is 31.1 Å². The summed E-state index contributed by atoms with van der Waals surface area (Å²) in [5, 5.41) is 0. The third-order valence-electron chi connectivity index (χ3n) is 4.49. The molecule has 0 aromatic heterocycles. The van der Waals surface area contributed by atoms with E-state index in [0.29, 0.717) is 0 Å². The van der Waals surface area contributed by atoms with Crippen LogP contribution in [0.3, 0.4) is 0 Å². The maximum atomic E-state index is 13.2. The number of rotatable bonds is 3. The van der Waals surface area contributed by atoms with Crippen LogP contribution >= 0.6 is 0 Å². The maximum Gasteiger partial charge on any atom is 0.403 e. The molecule has 0 heterocycles. The summed E-state index contributed by atoms with van der Waals surface area (Å²) in [5.41, 5.74) is -3.84. The molecule has 23 heavy (non-hydrogen) atoms. The van der Waals surface area contributed by atoms with Crippen LogP contribution in [0.5, 0.6) is 0 Å². The first-order valence-electron chi connectivity index (χ1n) is 6.71. The summed E-state index contributed by atoms with van der Waals surface area (Å²) in [6.45, 7) is 4.57. The van der Waals surface area contributed by atoms with Crippen molar-refractivity contribution in [2.45, 2.75) is 51.6 Å². The zero-order chi connectivity index (χ0) is 17.3. The van der Waals surface area contributed by atoms with Crippen molar-refractivity contribution in [3.63, 3.8) is 0 Å². The van der Waals surface area contributed by atoms with Gasteiger partial charge in [0.2, 0.25) is 0 Å². The fraction of sp³-hybridized carbons (Fsp3) is 0.786. The van der Waals surface area contributed by atoms with E-state index in [2.05, 4.69) is 6.58 Å². The number of ether oxygens (including phenoxy) is 1. The number of esters is 1. The normalized spacial score (nSPS) is 26.2. The molecule has 0 N–H and O–H groups in total. The first-order valence-corrected chi connectivity index (χ1v) is 6.71. The van der Waals surface area contributed by atoms with Gasteiger partial charge >= 0.3 is 12.4 Å². The van der Waals surface area contributed by atoms with E-state index in [0.717, 1.165) is 0 Å². The van der Waals surface area contributed by atoms with Gasteiger partial charge < -0.3 is 10.8 Å². The molecular formula is C14H17F6O2Y-. The Balaban J connectivity index is 0.00000484. The number of alkyl halides is 6. The first-order chi connectivity index (χ1) is 9.84. The molecule has 0 saturated heterocycles. The maximum absolute atomic E-state index is 13.2. The van der Waals surface area contributed by atoms with Gasteiger partial charge in [-0.15, -0.1) is 0 Å². The zero-order valence-corrected chi connectivity index (χ0v) is 15.6. The summed E-state index contributed by atoms with van der Waals surface area (Å²) in [6.07, 6.45) is -10.2. The monoisotopic (exact) mass is 420 g/mol. The molecule has 0 bridgehead atoms. The van der Waals surface area contributed by atoms with Gasteiger partial charge in [0.05, 0.1) is 6.10 Å². The van der Waals surface area contributed by atoms with Crippen LogP contribution < -0.4 is 0 Å². The molecule has 3 atom stereocenters. The zero-order valence-electron chi connectivity index (χ0n) is 12.7. The van der Waals surface area contributed by atoms with Crippen LogP contribution in [0.25, 0.3) is 0 Å². The molecule has 2 nitrogen and oxygen atoms in total. The van der Waals surface area contributed by atoms with Crippen LogP contribution in [0.4, 0.5) is 26.3 Å². The van der Waals surface area contributed by atoms with Crippen LogP contribution in [-0.4, -0.2) is 24.4 Å². The predicted octanol–water partition coefficient (Wildman–Crippen LogP) is 4.45. The first kappa shape index (κ1) is 22.9. The fourth-order valence-electron chi connectivity index (χ4n) is 2.97. The van der Waals surface area contributed by atoms with Crippen molar-refractivity contribution in [3.8, 4) is 0 Å². The van der Waals surface area contributed by atoms with Crippen LogP contribution in [-0.2, 0) is 42.2 Å². The number of hydrogen-bond acceptors (Lipinski definition) is 2. The van der Waals surface area contributed by atoms with Gasteiger partial charge in [0, 0.05) is 32.7 Å². The fourth-order valence-corrected chi connectivity index (χ4v) is 2.97. The second-order valence-electron chi connectivity index (χ2n) is 5.80. The second-order valence-corrected chi connectivity index (χ2v) is 5.80. The average molecular weight is 420 g/mol. The molecule has 1 radical (unpaired) electrons. The third-order valence-corrected chi connectivity index (χ3v) is 4.49. The van der Waals surface area contributed by atoms with Crippen molar-refractivity contribution in [3.05, 3.63) is 12.7 Å². The van der Waals surface area contributed by atoms with E-state index >= 15 is 0 Å². The Morgan fingerprint density at radius 3 is 2.00 bits per heavy atom. The third kappa shape index (κ3) is 4.71. The molecule has 131 valence electrons. The molecule has 1 rings (SSSR count). The molecule has 9 heteroatoms. The summed E-state index contributed by atoms with van der Waals surface area (Å²) in [5.74, 6) is -3.49. The standard InChI is InChI=1S/C14H17F6O2.Y/c1-4-11(21)22-9-6-5-8(2)10(7-9)12(3,13(15,16)17)14(18,19)20;/h8-10H,1,5-7H2,2-3H3;/q-1;. The Morgan fingerprint density at radius 1 is 1.13 bits per heavy atom. The Kier molecular flexibility index (Phi) is 7.81. The quantitative estimate of drug-likeness (QED) is 0.292. The van der Waals surface area contributed by atoms with Gasteiger partial charge in [0.15, 0.2) is 5.41 Å². The van der Waals surface area contributed by atoms with Gasteiger partial charge in [-0.25, -0.2) is 0 Å². The van der Waals surface area contributed by atoms with Crippen molar-refractivity contribution < 1.29 is 68.6 Å². The number of carbonyl (C=O) groups is 1. The van der Waals surface area contributed by atoms with Gasteiger partial charge in [-0.1, -0.05) is 6.92 Å². The summed E-state index contributed by atoms with van der Waals surface area (Å²) in [4.78, 5) is 11.1. The topological polar surface area (TPSA) is 26.3 Å². The predicted molar refractivity (Wildman–Crippen MR) is 65.5 cm³/mol. The molecule has 0 aromatic rings. The van der Waals surface area contributed by atoms with E-state index < -0.39 is 48.1 Å². The Bertz CT molecular complexity index is 418. The Hall–Kier alpha value is -0.106. The van der Waals surface area contributed by atoms with E-state index in [1.54, 1.807) is 0 Å². The molecule has 1 aliphatic rings. The SMILES string of the molecule is C=[C-]C(=O)OC1CCC(C)C(C(C)(C(F)(F)F)C(F)(F)F)C1.[Y]. The van der Waals surface area contributed by atoms with Crippen LogP contribution in [0.2, 0.25) is 0 Å². The average Bonchev–Trinajstić information content (AvgIpc) is 2.37. The Labute approximate surface area is 155 Å². The van der Waals surface area contributed by atoms with Crippen molar-refractivity contribution >= 4 is 5.97 Å². The van der Waals surface area contributed by atoms with Crippen molar-refractivity contribution in [2.24, 2.45) is 17.3 Å². The molecule has 0 aromatic carbocycles. The summed E-state index contributed by atoms with van der Waals surface area (Å²) in [6, 6.07) is 0. The minimum absolute atomic E-state index is 0. The minimum atomic E-state index is -5.44. The van der Waals surface area contributed by atoms with Gasteiger partial charge in [0.1, 0.15) is 5.97 Å². The van der Waals surface area contributed by atoms with Gasteiger partial charge in [-0.05, 0) is 38.0 Å². The largest absolute Gasteiger partial charge is 0.487 e. The molecule has 0 spiro atoms. The molecule has 3 unspecified atom stereocenters. The second kappa shape index (κ2) is 7.85. The minimum Gasteiger partial charge on any atom is -0.487 e. The van der Waals surface area contributed by atoms with Crippen LogP contribution in [0, 0.1) is 23.3 Å². The van der Waals surface area contributed by atoms with Crippen LogP contribution in [0.1, 0.15) is 33.1 Å². The molecule has 1 fully saturated rings. The molecule has 0 aliphatic heterocycles. The van der Waals surface area contributed by atoms with E-state index in [4.69, 9.17) is 4.74 Å². The smallest absolute Gasteiger partial charge is 0.403 e. The summed E-state index contributed by atoms with van der Waals surface area (Å²) < 4.78 is 83.8. The van der Waals surface area contributed by atoms with Crippen molar-refractivity contribution in [1.82, 2.24) is 0 Å². The van der Waals surface area contributed by atoms with E-state index in [1.807, 2.05) is 6.08 Å². The van der Waals surface area contributed by atoms with Gasteiger partial charge in [0.25, 0.3) is 0 Å². The van der Waals surface area contributed by atoms with Crippen LogP contribution in [0.15, 0.2) is 6.58 Å². The van der Waals surface area contributed by atoms with Crippen molar-refractivity contribution in [2.75, 3.05) is 0 Å². The number of hydrogen-bond donors (Lipinski definition) is 0. The molecule has 1 saturated carbocycles. The molecule has 1 aliphatic carbocycles. The molecule has 0 amide bonds. The summed E-state index contributed by atoms with van der Waals surface area (Å²) in [7, 11) is 0. The number of halogens is 6. The number of carbonyl (C=O) groups excluding carboxylic acids is 1. The van der Waals surface area contributed by atoms with E-state index in [-0.39, 0.29) is 52.5 Å². The van der Waals surface area contributed by atoms with Gasteiger partial charge in [-0.2, -0.15) is 26.3 Å². The Morgan fingerprint density at radius 2 is 1.61 bits per heavy atom. The van der Waals surface area contributed by atoms with E-state index in [1.165, 1.54) is 6.92 Å². The van der Waals surface area contributed by atoms with Crippen molar-refractivity contribution in [1.29, 1.82) is 0 Å². The summed E-state index contributed by atoms with van der Waals surface area (Å²) >= 11 is 0.